The molecule has 2 aromatic heterocycles. The molecule has 0 amide bonds. The first kappa shape index (κ1) is 18.6. The Morgan fingerprint density at radius 1 is 0.931 bits per heavy atom. The van der Waals surface area contributed by atoms with Gasteiger partial charge >= 0.3 is 0 Å². The molecule has 29 heavy (non-hydrogen) atoms. The molecular weight excluding hydrogens is 362 g/mol. The summed E-state index contributed by atoms with van der Waals surface area (Å²) in [5, 5.41) is 4.56. The standard InChI is InChI=1S/C24H21N3O2/c1-24(2,19-11-8-12-20(17-19)29-22-13-6-7-15-25-22)21-14-16-27(26-21)23(28)18-9-4-3-5-10-18/h3-17H,1-2H3. The Balaban J connectivity index is 1.60. The lowest BCUT2D eigenvalue weighted by Crippen LogP contribution is -2.21. The summed E-state index contributed by atoms with van der Waals surface area (Å²) in [6, 6.07) is 24.4. The molecule has 2 aromatic carbocycles. The van der Waals surface area contributed by atoms with Crippen LogP contribution in [-0.4, -0.2) is 20.7 Å². The second-order valence-electron chi connectivity index (χ2n) is 7.24. The highest BCUT2D eigenvalue weighted by atomic mass is 16.5. The van der Waals surface area contributed by atoms with Crippen LogP contribution in [0.2, 0.25) is 0 Å². The average Bonchev–Trinajstić information content (AvgIpc) is 3.26. The summed E-state index contributed by atoms with van der Waals surface area (Å²) in [6.07, 6.45) is 3.40. The molecule has 0 N–H and O–H groups in total. The first-order chi connectivity index (χ1) is 14.0. The normalized spacial score (nSPS) is 11.2. The molecule has 0 aliphatic heterocycles. The predicted molar refractivity (Wildman–Crippen MR) is 111 cm³/mol. The SMILES string of the molecule is CC(C)(c1cccc(Oc2ccccn2)c1)c1ccn(C(=O)c2ccccc2)n1. The van der Waals surface area contributed by atoms with Crippen molar-refractivity contribution >= 4 is 5.91 Å². The Kier molecular flexibility index (Phi) is 4.96. The molecule has 2 heterocycles. The van der Waals surface area contributed by atoms with Crippen molar-refractivity contribution in [2.24, 2.45) is 0 Å². The summed E-state index contributed by atoms with van der Waals surface area (Å²) in [5.41, 5.74) is 2.02. The van der Waals surface area contributed by atoms with Gasteiger partial charge in [-0.1, -0.05) is 50.2 Å². The highest BCUT2D eigenvalue weighted by Gasteiger charge is 2.27. The first-order valence-electron chi connectivity index (χ1n) is 9.39. The maximum atomic E-state index is 12.7. The fraction of sp³-hybridized carbons (Fsp3) is 0.125. The van der Waals surface area contributed by atoms with Crippen molar-refractivity contribution < 1.29 is 9.53 Å². The monoisotopic (exact) mass is 383 g/mol. The number of carbonyl (C=O) groups excluding carboxylic acids is 1. The van der Waals surface area contributed by atoms with E-state index in [1.165, 1.54) is 4.68 Å². The molecule has 5 nitrogen and oxygen atoms in total. The summed E-state index contributed by atoms with van der Waals surface area (Å²) in [4.78, 5) is 16.9. The van der Waals surface area contributed by atoms with Crippen LogP contribution in [0.15, 0.2) is 91.3 Å². The summed E-state index contributed by atoms with van der Waals surface area (Å²) in [6.45, 7) is 4.15. The summed E-state index contributed by atoms with van der Waals surface area (Å²) in [5.74, 6) is 1.09. The number of nitrogens with zero attached hydrogens (tertiary/aromatic N) is 3. The van der Waals surface area contributed by atoms with Crippen molar-refractivity contribution in [2.45, 2.75) is 19.3 Å². The van der Waals surface area contributed by atoms with E-state index >= 15 is 0 Å². The highest BCUT2D eigenvalue weighted by Crippen LogP contribution is 2.33. The number of rotatable bonds is 5. The lowest BCUT2D eigenvalue weighted by atomic mass is 9.81. The zero-order valence-electron chi connectivity index (χ0n) is 16.3. The van der Waals surface area contributed by atoms with Gasteiger partial charge in [-0.2, -0.15) is 5.10 Å². The number of hydrogen-bond donors (Lipinski definition) is 0. The third-order valence-electron chi connectivity index (χ3n) is 4.87. The molecule has 0 spiro atoms. The van der Waals surface area contributed by atoms with E-state index in [1.807, 2.05) is 66.7 Å². The third-order valence-corrected chi connectivity index (χ3v) is 4.87. The van der Waals surface area contributed by atoms with Crippen LogP contribution in [0.1, 0.15) is 35.5 Å². The Labute approximate surface area is 169 Å². The van der Waals surface area contributed by atoms with E-state index in [0.29, 0.717) is 17.2 Å². The Hall–Kier alpha value is -3.73. The molecule has 144 valence electrons. The largest absolute Gasteiger partial charge is 0.439 e. The summed E-state index contributed by atoms with van der Waals surface area (Å²) in [7, 11) is 0. The van der Waals surface area contributed by atoms with E-state index < -0.39 is 5.41 Å². The van der Waals surface area contributed by atoms with Gasteiger partial charge in [0, 0.05) is 29.4 Å². The molecule has 5 heteroatoms. The van der Waals surface area contributed by atoms with Gasteiger partial charge in [-0.3, -0.25) is 4.79 Å². The van der Waals surface area contributed by atoms with Crippen molar-refractivity contribution in [3.8, 4) is 11.6 Å². The van der Waals surface area contributed by atoms with E-state index in [9.17, 15) is 4.79 Å². The van der Waals surface area contributed by atoms with Gasteiger partial charge < -0.3 is 4.74 Å². The number of benzene rings is 2. The van der Waals surface area contributed by atoms with Crippen LogP contribution in [-0.2, 0) is 5.41 Å². The van der Waals surface area contributed by atoms with Gasteiger partial charge in [-0.05, 0) is 42.0 Å². The molecule has 0 unspecified atom stereocenters. The van der Waals surface area contributed by atoms with Crippen LogP contribution in [0.4, 0.5) is 0 Å². The number of hydrogen-bond acceptors (Lipinski definition) is 4. The van der Waals surface area contributed by atoms with Crippen LogP contribution in [0.3, 0.4) is 0 Å². The average molecular weight is 383 g/mol. The molecule has 0 saturated carbocycles. The van der Waals surface area contributed by atoms with Crippen molar-refractivity contribution in [3.63, 3.8) is 0 Å². The van der Waals surface area contributed by atoms with Gasteiger partial charge in [0.2, 0.25) is 5.88 Å². The van der Waals surface area contributed by atoms with Gasteiger partial charge in [0.1, 0.15) is 5.75 Å². The van der Waals surface area contributed by atoms with E-state index in [2.05, 4.69) is 23.9 Å². The second-order valence-corrected chi connectivity index (χ2v) is 7.24. The van der Waals surface area contributed by atoms with Crippen LogP contribution < -0.4 is 4.74 Å². The summed E-state index contributed by atoms with van der Waals surface area (Å²) < 4.78 is 7.25. The lowest BCUT2D eigenvalue weighted by molar-refractivity contribution is 0.0944. The molecule has 0 bridgehead atoms. The van der Waals surface area contributed by atoms with Gasteiger partial charge in [0.15, 0.2) is 0 Å². The van der Waals surface area contributed by atoms with Gasteiger partial charge in [0.05, 0.1) is 5.69 Å². The van der Waals surface area contributed by atoms with Crippen molar-refractivity contribution in [2.75, 3.05) is 0 Å². The third kappa shape index (κ3) is 3.94. The fourth-order valence-corrected chi connectivity index (χ4v) is 3.11. The van der Waals surface area contributed by atoms with Crippen molar-refractivity contribution in [1.29, 1.82) is 0 Å². The number of carbonyl (C=O) groups is 1. The topological polar surface area (TPSA) is 57.0 Å². The fourth-order valence-electron chi connectivity index (χ4n) is 3.11. The van der Waals surface area contributed by atoms with E-state index in [4.69, 9.17) is 4.74 Å². The molecule has 0 aliphatic rings. The lowest BCUT2D eigenvalue weighted by Gasteiger charge is -2.23. The molecule has 0 saturated heterocycles. The van der Waals surface area contributed by atoms with Gasteiger partial charge in [0.25, 0.3) is 5.91 Å². The van der Waals surface area contributed by atoms with Crippen LogP contribution >= 0.6 is 0 Å². The zero-order valence-corrected chi connectivity index (χ0v) is 16.3. The van der Waals surface area contributed by atoms with Gasteiger partial charge in [-0.25, -0.2) is 9.67 Å². The minimum atomic E-state index is -0.411. The van der Waals surface area contributed by atoms with Crippen LogP contribution in [0.5, 0.6) is 11.6 Å². The Bertz CT molecular complexity index is 1120. The van der Waals surface area contributed by atoms with Gasteiger partial charge in [-0.15, -0.1) is 0 Å². The molecule has 4 rings (SSSR count). The predicted octanol–water partition coefficient (Wildman–Crippen LogP) is 5.08. The van der Waals surface area contributed by atoms with Crippen LogP contribution in [0, 0.1) is 0 Å². The maximum Gasteiger partial charge on any atom is 0.278 e. The zero-order chi connectivity index (χ0) is 20.3. The minimum absolute atomic E-state index is 0.153. The minimum Gasteiger partial charge on any atom is -0.439 e. The van der Waals surface area contributed by atoms with E-state index in [1.54, 1.807) is 24.5 Å². The highest BCUT2D eigenvalue weighted by molar-refractivity contribution is 5.95. The smallest absolute Gasteiger partial charge is 0.278 e. The number of aromatic nitrogens is 3. The molecular formula is C24H21N3O2. The summed E-state index contributed by atoms with van der Waals surface area (Å²) >= 11 is 0. The Morgan fingerprint density at radius 3 is 2.48 bits per heavy atom. The molecule has 0 aliphatic carbocycles. The van der Waals surface area contributed by atoms with Crippen LogP contribution in [0.25, 0.3) is 0 Å². The molecule has 0 radical (unpaired) electrons. The first-order valence-corrected chi connectivity index (χ1v) is 9.39. The Morgan fingerprint density at radius 2 is 1.72 bits per heavy atom. The molecule has 4 aromatic rings. The quantitative estimate of drug-likeness (QED) is 0.482. The number of ether oxygens (including phenoxy) is 1. The number of pyridine rings is 1. The van der Waals surface area contributed by atoms with E-state index in [0.717, 1.165) is 11.3 Å². The second kappa shape index (κ2) is 7.72. The van der Waals surface area contributed by atoms with Crippen molar-refractivity contribution in [3.05, 3.63) is 108 Å². The maximum absolute atomic E-state index is 12.7. The molecule has 0 atom stereocenters. The van der Waals surface area contributed by atoms with E-state index in [-0.39, 0.29) is 5.91 Å². The van der Waals surface area contributed by atoms with Crippen molar-refractivity contribution in [1.82, 2.24) is 14.8 Å². The molecule has 0 fully saturated rings.